The highest BCUT2D eigenvalue weighted by Gasteiger charge is 2.23. The number of piperazine rings is 1. The van der Waals surface area contributed by atoms with Gasteiger partial charge in [0.1, 0.15) is 11.5 Å². The summed E-state index contributed by atoms with van der Waals surface area (Å²) >= 11 is 12.4. The number of hydrogen-bond donors (Lipinski definition) is 1. The Kier molecular flexibility index (Phi) is 11.1. The first-order chi connectivity index (χ1) is 20.3. The van der Waals surface area contributed by atoms with Crippen LogP contribution in [0.2, 0.25) is 10.0 Å². The Morgan fingerprint density at radius 2 is 1.93 bits per heavy atom. The highest BCUT2D eigenvalue weighted by molar-refractivity contribution is 8.93. The van der Waals surface area contributed by atoms with E-state index in [1.54, 1.807) is 31.2 Å². The highest BCUT2D eigenvalue weighted by Crippen LogP contribution is 2.32. The van der Waals surface area contributed by atoms with Crippen LogP contribution >= 0.6 is 40.2 Å². The molecule has 43 heavy (non-hydrogen) atoms. The lowest BCUT2D eigenvalue weighted by atomic mass is 10.1. The molecule has 0 unspecified atom stereocenters. The number of rotatable bonds is 9. The van der Waals surface area contributed by atoms with Gasteiger partial charge in [-0.1, -0.05) is 34.4 Å². The fourth-order valence-corrected chi connectivity index (χ4v) is 5.33. The van der Waals surface area contributed by atoms with Crippen LogP contribution in [-0.4, -0.2) is 60.3 Å². The molecule has 0 bridgehead atoms. The van der Waals surface area contributed by atoms with Crippen molar-refractivity contribution in [2.45, 2.75) is 19.9 Å². The van der Waals surface area contributed by atoms with Gasteiger partial charge in [0, 0.05) is 72.0 Å². The predicted molar refractivity (Wildman–Crippen MR) is 172 cm³/mol. The molecule has 1 fully saturated rings. The van der Waals surface area contributed by atoms with Gasteiger partial charge in [-0.3, -0.25) is 10.1 Å². The number of nitrogens with zero attached hydrogens (tertiary/aromatic N) is 5. The Hall–Kier alpha value is -3.61. The van der Waals surface area contributed by atoms with E-state index in [1.807, 2.05) is 12.1 Å². The van der Waals surface area contributed by atoms with Gasteiger partial charge in [0.05, 0.1) is 18.1 Å². The maximum Gasteiger partial charge on any atom is 0.311 e. The number of ether oxygens (including phenoxy) is 1. The smallest absolute Gasteiger partial charge is 0.311 e. The van der Waals surface area contributed by atoms with E-state index in [9.17, 15) is 14.5 Å². The Bertz CT molecular complexity index is 1610. The summed E-state index contributed by atoms with van der Waals surface area (Å²) in [5, 5.41) is 20.8. The maximum atomic E-state index is 13.6. The van der Waals surface area contributed by atoms with Crippen molar-refractivity contribution < 1.29 is 18.6 Å². The molecule has 0 aliphatic carbocycles. The number of aromatic nitrogens is 1. The molecule has 0 atom stereocenters. The summed E-state index contributed by atoms with van der Waals surface area (Å²) < 4.78 is 24.4. The Morgan fingerprint density at radius 3 is 2.65 bits per heavy atom. The molecule has 10 nitrogen and oxygen atoms in total. The van der Waals surface area contributed by atoms with Crippen LogP contribution in [0, 0.1) is 15.9 Å². The zero-order chi connectivity index (χ0) is 29.6. The normalized spacial score (nSPS) is 13.6. The van der Waals surface area contributed by atoms with Gasteiger partial charge >= 0.3 is 5.69 Å². The number of guanidine groups is 1. The highest BCUT2D eigenvalue weighted by atomic mass is 79.9. The Labute approximate surface area is 268 Å². The largest absolute Gasteiger partial charge is 0.487 e. The van der Waals surface area contributed by atoms with Crippen molar-refractivity contribution in [2.24, 2.45) is 4.99 Å². The lowest BCUT2D eigenvalue weighted by Gasteiger charge is -2.38. The number of nitro benzene ring substituents is 1. The minimum absolute atomic E-state index is 0. The van der Waals surface area contributed by atoms with Crippen molar-refractivity contribution in [3.63, 3.8) is 0 Å². The number of nitrogens with one attached hydrogen (secondary N) is 1. The Balaban J connectivity index is 0.00000423. The van der Waals surface area contributed by atoms with Gasteiger partial charge in [-0.25, -0.2) is 9.38 Å². The molecule has 2 heterocycles. The first-order valence-electron chi connectivity index (χ1n) is 13.5. The van der Waals surface area contributed by atoms with E-state index in [0.29, 0.717) is 78.4 Å². The summed E-state index contributed by atoms with van der Waals surface area (Å²) in [7, 11) is 0. The average Bonchev–Trinajstić information content (AvgIpc) is 3.38. The molecule has 4 aromatic rings. The molecule has 0 saturated carbocycles. The van der Waals surface area contributed by atoms with Gasteiger partial charge < -0.3 is 24.4 Å². The van der Waals surface area contributed by atoms with Crippen LogP contribution in [0.3, 0.4) is 0 Å². The molecule has 1 N–H and O–H groups in total. The zero-order valence-electron chi connectivity index (χ0n) is 23.3. The zero-order valence-corrected chi connectivity index (χ0v) is 26.5. The molecule has 0 amide bonds. The summed E-state index contributed by atoms with van der Waals surface area (Å²) in [5.41, 5.74) is 2.74. The number of benzene rings is 3. The van der Waals surface area contributed by atoms with Crippen LogP contribution in [0.5, 0.6) is 5.75 Å². The molecule has 0 spiro atoms. The topological polar surface area (TPSA) is 109 Å². The molecule has 1 aliphatic heterocycles. The monoisotopic (exact) mass is 694 g/mol. The molecule has 1 saturated heterocycles. The standard InChI is InChI=1S/C29H29Cl2FN6O4.BrH/c1-2-41-28-17-22(6-8-26(28)38(39)40)36-11-13-37(14-12-36)29(33-10-9-19-3-4-20(30)15-24(19)31)34-18-25-23-7-5-21(32)16-27(23)42-35-25;/h3-8,15-17H,2,9-14,18H2,1H3,(H,33,34);1H. The fourth-order valence-electron chi connectivity index (χ4n) is 4.83. The van der Waals surface area contributed by atoms with Crippen molar-refractivity contribution >= 4 is 68.5 Å². The van der Waals surface area contributed by atoms with E-state index < -0.39 is 10.7 Å². The van der Waals surface area contributed by atoms with Crippen LogP contribution < -0.4 is 15.0 Å². The van der Waals surface area contributed by atoms with Gasteiger partial charge in [0.25, 0.3) is 0 Å². The molecular weight excluding hydrogens is 666 g/mol. The number of fused-ring (bicyclic) bond motifs is 1. The summed E-state index contributed by atoms with van der Waals surface area (Å²) in [5.74, 6) is 0.555. The second kappa shape index (κ2) is 14.7. The van der Waals surface area contributed by atoms with E-state index in [4.69, 9.17) is 37.5 Å². The second-order valence-electron chi connectivity index (χ2n) is 9.64. The van der Waals surface area contributed by atoms with Crippen LogP contribution in [-0.2, 0) is 13.0 Å². The molecule has 1 aromatic heterocycles. The molecule has 0 radical (unpaired) electrons. The number of hydrogen-bond acceptors (Lipinski definition) is 7. The average molecular weight is 696 g/mol. The maximum absolute atomic E-state index is 13.6. The number of nitro groups is 1. The third kappa shape index (κ3) is 7.87. The minimum Gasteiger partial charge on any atom is -0.487 e. The van der Waals surface area contributed by atoms with Crippen LogP contribution in [0.1, 0.15) is 18.2 Å². The number of halogens is 4. The molecule has 1 aliphatic rings. The van der Waals surface area contributed by atoms with Gasteiger partial charge in [-0.15, -0.1) is 17.0 Å². The SMILES string of the molecule is Br.CCOc1cc(N2CCN(C(=NCc3noc4cc(F)ccc34)NCCc3ccc(Cl)cc3Cl)CC2)ccc1[N+](=O)[O-]. The van der Waals surface area contributed by atoms with Crippen molar-refractivity contribution in [3.8, 4) is 5.75 Å². The minimum atomic E-state index is -0.438. The van der Waals surface area contributed by atoms with Crippen molar-refractivity contribution in [3.05, 3.63) is 91.8 Å². The van der Waals surface area contributed by atoms with Crippen molar-refractivity contribution in [1.29, 1.82) is 0 Å². The van der Waals surface area contributed by atoms with Crippen molar-refractivity contribution in [1.82, 2.24) is 15.4 Å². The van der Waals surface area contributed by atoms with E-state index in [0.717, 1.165) is 11.3 Å². The third-order valence-electron chi connectivity index (χ3n) is 6.96. The molecule has 14 heteroatoms. The quantitative estimate of drug-likeness (QED) is 0.0896. The number of aliphatic imine (C=N–C) groups is 1. The van der Waals surface area contributed by atoms with Gasteiger partial charge in [-0.05, 0) is 49.2 Å². The van der Waals surface area contributed by atoms with Gasteiger partial charge in [-0.2, -0.15) is 0 Å². The second-order valence-corrected chi connectivity index (χ2v) is 10.5. The summed E-state index contributed by atoms with van der Waals surface area (Å²) in [4.78, 5) is 20.1. The summed E-state index contributed by atoms with van der Waals surface area (Å²) in [6, 6.07) is 14.7. The summed E-state index contributed by atoms with van der Waals surface area (Å²) in [6.45, 7) is 5.58. The first-order valence-corrected chi connectivity index (χ1v) is 14.2. The third-order valence-corrected chi connectivity index (χ3v) is 7.55. The van der Waals surface area contributed by atoms with Crippen LogP contribution in [0.15, 0.2) is 64.1 Å². The predicted octanol–water partition coefficient (Wildman–Crippen LogP) is 6.67. The molecule has 228 valence electrons. The number of anilines is 1. The summed E-state index contributed by atoms with van der Waals surface area (Å²) in [6.07, 6.45) is 0.657. The first kappa shape index (κ1) is 32.3. The van der Waals surface area contributed by atoms with Gasteiger partial charge in [0.15, 0.2) is 17.3 Å². The molecular formula is C29H30BrCl2FN6O4. The van der Waals surface area contributed by atoms with Crippen molar-refractivity contribution in [2.75, 3.05) is 44.2 Å². The lowest BCUT2D eigenvalue weighted by molar-refractivity contribution is -0.385. The van der Waals surface area contributed by atoms with E-state index in [-0.39, 0.29) is 35.0 Å². The molecule has 5 rings (SSSR count). The lowest BCUT2D eigenvalue weighted by Crippen LogP contribution is -2.53. The van der Waals surface area contributed by atoms with Crippen LogP contribution in [0.25, 0.3) is 11.0 Å². The van der Waals surface area contributed by atoms with Crippen LogP contribution in [0.4, 0.5) is 15.8 Å². The van der Waals surface area contributed by atoms with E-state index in [1.165, 1.54) is 18.2 Å². The van der Waals surface area contributed by atoms with E-state index >= 15 is 0 Å². The fraction of sp³-hybridized carbons (Fsp3) is 0.310. The van der Waals surface area contributed by atoms with Gasteiger partial charge in [0.2, 0.25) is 0 Å². The Morgan fingerprint density at radius 1 is 1.14 bits per heavy atom. The molecule has 3 aromatic carbocycles. The van der Waals surface area contributed by atoms with E-state index in [2.05, 4.69) is 20.3 Å².